The molecule has 0 aliphatic heterocycles. The van der Waals surface area contributed by atoms with Crippen molar-refractivity contribution in [2.24, 2.45) is 0 Å². The Morgan fingerprint density at radius 2 is 1.67 bits per heavy atom. The number of carbonyl (C=O) groups excluding carboxylic acids is 2. The van der Waals surface area contributed by atoms with Crippen molar-refractivity contribution in [1.82, 2.24) is 10.6 Å². The summed E-state index contributed by atoms with van der Waals surface area (Å²) in [4.78, 5) is 24.4. The van der Waals surface area contributed by atoms with E-state index < -0.39 is 0 Å². The highest BCUT2D eigenvalue weighted by atomic mass is 32.1. The number of hydrogen-bond acceptors (Lipinski definition) is 3. The van der Waals surface area contributed by atoms with Crippen LogP contribution in [0.4, 0.5) is 0 Å². The first-order valence-corrected chi connectivity index (χ1v) is 9.79. The molecule has 1 heterocycles. The van der Waals surface area contributed by atoms with E-state index in [4.69, 9.17) is 0 Å². The number of nitrogens with one attached hydrogen (secondary N) is 2. The van der Waals surface area contributed by atoms with Gasteiger partial charge in [-0.15, -0.1) is 0 Å². The Bertz CT molecular complexity index is 874. The minimum absolute atomic E-state index is 0.102. The lowest BCUT2D eigenvalue weighted by atomic mass is 9.97. The van der Waals surface area contributed by atoms with Crippen LogP contribution in [0, 0.1) is 6.92 Å². The van der Waals surface area contributed by atoms with Gasteiger partial charge in [-0.2, -0.15) is 11.3 Å². The van der Waals surface area contributed by atoms with E-state index in [0.29, 0.717) is 12.1 Å². The third kappa shape index (κ3) is 5.28. The second-order valence-electron chi connectivity index (χ2n) is 6.34. The monoisotopic (exact) mass is 378 g/mol. The molecule has 2 N–H and O–H groups in total. The molecule has 1 atom stereocenters. The molecule has 1 unspecified atom stereocenters. The number of aryl methyl sites for hydroxylation is 1. The molecule has 2 aromatic carbocycles. The summed E-state index contributed by atoms with van der Waals surface area (Å²) < 4.78 is 0. The van der Waals surface area contributed by atoms with Gasteiger partial charge in [0.1, 0.15) is 0 Å². The fraction of sp³-hybridized carbons (Fsp3) is 0.182. The van der Waals surface area contributed by atoms with Gasteiger partial charge < -0.3 is 10.6 Å². The Labute approximate surface area is 163 Å². The van der Waals surface area contributed by atoms with Crippen molar-refractivity contribution < 1.29 is 9.59 Å². The maximum absolute atomic E-state index is 12.5. The summed E-state index contributed by atoms with van der Waals surface area (Å²) in [5, 5.41) is 9.52. The van der Waals surface area contributed by atoms with Crippen molar-refractivity contribution in [1.29, 1.82) is 0 Å². The fourth-order valence-corrected chi connectivity index (χ4v) is 3.42. The van der Waals surface area contributed by atoms with Crippen LogP contribution < -0.4 is 10.6 Å². The van der Waals surface area contributed by atoms with E-state index in [-0.39, 0.29) is 24.3 Å². The topological polar surface area (TPSA) is 58.2 Å². The molecule has 0 aliphatic carbocycles. The van der Waals surface area contributed by atoms with Crippen LogP contribution in [0.5, 0.6) is 0 Å². The lowest BCUT2D eigenvalue weighted by molar-refractivity contribution is -0.121. The molecular weight excluding hydrogens is 356 g/mol. The van der Waals surface area contributed by atoms with E-state index in [1.165, 1.54) is 16.9 Å². The Morgan fingerprint density at radius 3 is 2.33 bits per heavy atom. The first-order valence-electron chi connectivity index (χ1n) is 8.85. The quantitative estimate of drug-likeness (QED) is 0.651. The van der Waals surface area contributed by atoms with E-state index in [1.807, 2.05) is 66.9 Å². The standard InChI is InChI=1S/C22H22N2O2S/c1-16-7-9-18(10-8-16)21(17-5-3-2-4-6-17)24-20(25)11-13-23-22(26)19-12-14-27-15-19/h2-10,12,14-15,21H,11,13H2,1H3,(H,23,26)(H,24,25). The average molecular weight is 378 g/mol. The van der Waals surface area contributed by atoms with Crippen LogP contribution in [-0.4, -0.2) is 18.4 Å². The summed E-state index contributed by atoms with van der Waals surface area (Å²) in [6, 6.07) is 19.6. The van der Waals surface area contributed by atoms with Gasteiger partial charge in [0.15, 0.2) is 0 Å². The SMILES string of the molecule is Cc1ccc(C(NC(=O)CCNC(=O)c2ccsc2)c2ccccc2)cc1. The number of hydrogen-bond donors (Lipinski definition) is 2. The molecule has 0 saturated carbocycles. The van der Waals surface area contributed by atoms with Gasteiger partial charge in [-0.3, -0.25) is 9.59 Å². The molecule has 5 heteroatoms. The molecule has 4 nitrogen and oxygen atoms in total. The molecule has 0 radical (unpaired) electrons. The molecule has 3 aromatic rings. The molecule has 2 amide bonds. The zero-order chi connectivity index (χ0) is 19.1. The third-order valence-corrected chi connectivity index (χ3v) is 4.95. The number of thiophene rings is 1. The van der Waals surface area contributed by atoms with Crippen molar-refractivity contribution in [3.05, 3.63) is 93.7 Å². The zero-order valence-electron chi connectivity index (χ0n) is 15.1. The van der Waals surface area contributed by atoms with E-state index in [0.717, 1.165) is 11.1 Å². The van der Waals surface area contributed by atoms with Crippen molar-refractivity contribution in [2.75, 3.05) is 6.54 Å². The van der Waals surface area contributed by atoms with Crippen molar-refractivity contribution >= 4 is 23.2 Å². The predicted octanol–water partition coefficient (Wildman–Crippen LogP) is 4.08. The second kappa shape index (κ2) is 9.14. The summed E-state index contributed by atoms with van der Waals surface area (Å²) in [6.07, 6.45) is 0.227. The van der Waals surface area contributed by atoms with Gasteiger partial charge >= 0.3 is 0 Å². The Kier molecular flexibility index (Phi) is 6.39. The maximum atomic E-state index is 12.5. The number of benzene rings is 2. The molecule has 138 valence electrons. The van der Waals surface area contributed by atoms with Gasteiger partial charge in [-0.1, -0.05) is 60.2 Å². The first-order chi connectivity index (χ1) is 13.1. The number of amides is 2. The highest BCUT2D eigenvalue weighted by Crippen LogP contribution is 2.22. The largest absolute Gasteiger partial charge is 0.351 e. The Morgan fingerprint density at radius 1 is 0.963 bits per heavy atom. The molecule has 0 bridgehead atoms. The van der Waals surface area contributed by atoms with Gasteiger partial charge in [-0.25, -0.2) is 0 Å². The highest BCUT2D eigenvalue weighted by molar-refractivity contribution is 7.08. The van der Waals surface area contributed by atoms with Crippen LogP contribution >= 0.6 is 11.3 Å². The summed E-state index contributed by atoms with van der Waals surface area (Å²) in [5.74, 6) is -0.253. The van der Waals surface area contributed by atoms with Crippen LogP contribution in [0.3, 0.4) is 0 Å². The number of rotatable bonds is 7. The summed E-state index contributed by atoms with van der Waals surface area (Å²) in [5.41, 5.74) is 3.86. The minimum Gasteiger partial charge on any atom is -0.351 e. The second-order valence-corrected chi connectivity index (χ2v) is 7.12. The molecule has 1 aromatic heterocycles. The smallest absolute Gasteiger partial charge is 0.252 e. The molecule has 0 saturated heterocycles. The zero-order valence-corrected chi connectivity index (χ0v) is 16.0. The van der Waals surface area contributed by atoms with E-state index in [2.05, 4.69) is 10.6 Å². The van der Waals surface area contributed by atoms with Gasteiger partial charge in [0.2, 0.25) is 5.91 Å². The number of carbonyl (C=O) groups is 2. The van der Waals surface area contributed by atoms with Crippen LogP contribution in [0.25, 0.3) is 0 Å². The van der Waals surface area contributed by atoms with E-state index in [1.54, 1.807) is 11.4 Å². The third-order valence-electron chi connectivity index (χ3n) is 4.27. The normalized spacial score (nSPS) is 11.6. The Hall–Kier alpha value is -2.92. The van der Waals surface area contributed by atoms with Gasteiger partial charge in [0, 0.05) is 23.9 Å². The van der Waals surface area contributed by atoms with Crippen molar-refractivity contribution in [3.8, 4) is 0 Å². The van der Waals surface area contributed by atoms with Gasteiger partial charge in [-0.05, 0) is 29.5 Å². The Balaban J connectivity index is 1.62. The minimum atomic E-state index is -0.216. The molecule has 0 aliphatic rings. The fourth-order valence-electron chi connectivity index (χ4n) is 2.78. The molecule has 0 fully saturated rings. The molecule has 27 heavy (non-hydrogen) atoms. The van der Waals surface area contributed by atoms with Gasteiger partial charge in [0.25, 0.3) is 5.91 Å². The van der Waals surface area contributed by atoms with Crippen LogP contribution in [0.15, 0.2) is 71.4 Å². The summed E-state index contributed by atoms with van der Waals surface area (Å²) >= 11 is 1.47. The van der Waals surface area contributed by atoms with E-state index in [9.17, 15) is 9.59 Å². The molecule has 0 spiro atoms. The maximum Gasteiger partial charge on any atom is 0.252 e. The summed E-state index contributed by atoms with van der Waals surface area (Å²) in [6.45, 7) is 2.34. The average Bonchev–Trinajstić information content (AvgIpc) is 3.22. The van der Waals surface area contributed by atoms with Crippen molar-refractivity contribution in [2.45, 2.75) is 19.4 Å². The highest BCUT2D eigenvalue weighted by Gasteiger charge is 2.16. The summed E-state index contributed by atoms with van der Waals surface area (Å²) in [7, 11) is 0. The predicted molar refractivity (Wildman–Crippen MR) is 109 cm³/mol. The molecular formula is C22H22N2O2S. The lowest BCUT2D eigenvalue weighted by Gasteiger charge is -2.20. The van der Waals surface area contributed by atoms with Crippen LogP contribution in [-0.2, 0) is 4.79 Å². The van der Waals surface area contributed by atoms with E-state index >= 15 is 0 Å². The first kappa shape index (κ1) is 18.9. The van der Waals surface area contributed by atoms with Crippen molar-refractivity contribution in [3.63, 3.8) is 0 Å². The van der Waals surface area contributed by atoms with Gasteiger partial charge in [0.05, 0.1) is 6.04 Å². The molecule has 3 rings (SSSR count). The van der Waals surface area contributed by atoms with Crippen LogP contribution in [0.2, 0.25) is 0 Å². The lowest BCUT2D eigenvalue weighted by Crippen LogP contribution is -2.33. The van der Waals surface area contributed by atoms with Crippen LogP contribution in [0.1, 0.15) is 39.5 Å².